The highest BCUT2D eigenvalue weighted by Crippen LogP contribution is 2.11. The third-order valence-corrected chi connectivity index (χ3v) is 2.25. The van der Waals surface area contributed by atoms with E-state index in [2.05, 4.69) is 41.5 Å². The van der Waals surface area contributed by atoms with Crippen molar-refractivity contribution in [3.8, 4) is 0 Å². The van der Waals surface area contributed by atoms with Gasteiger partial charge in [-0.25, -0.2) is 4.98 Å². The Hall–Kier alpha value is -1.25. The lowest BCUT2D eigenvalue weighted by atomic mass is 10.1. The summed E-state index contributed by atoms with van der Waals surface area (Å²) in [5.41, 5.74) is 1.06. The Bertz CT molecular complexity index is 313. The molecule has 0 saturated heterocycles. The summed E-state index contributed by atoms with van der Waals surface area (Å²) in [7, 11) is 0. The van der Waals surface area contributed by atoms with Crippen LogP contribution in [0.3, 0.4) is 0 Å². The molecule has 1 aromatic heterocycles. The van der Waals surface area contributed by atoms with Crippen LogP contribution in [0.15, 0.2) is 18.9 Å². The minimum atomic E-state index is 0.722. The van der Waals surface area contributed by atoms with Gasteiger partial charge >= 0.3 is 0 Å². The maximum absolute atomic E-state index is 4.43. The lowest BCUT2D eigenvalue weighted by Gasteiger charge is -2.09. The lowest BCUT2D eigenvalue weighted by molar-refractivity contribution is 0.518. The first-order valence-electron chi connectivity index (χ1n) is 5.52. The fraction of sp³-hybridized carbons (Fsp3) is 0.583. The fourth-order valence-corrected chi connectivity index (χ4v) is 1.42. The van der Waals surface area contributed by atoms with E-state index in [1.165, 1.54) is 6.42 Å². The van der Waals surface area contributed by atoms with Crippen molar-refractivity contribution in [1.82, 2.24) is 9.55 Å². The van der Waals surface area contributed by atoms with E-state index in [9.17, 15) is 0 Å². The van der Waals surface area contributed by atoms with Crippen molar-refractivity contribution >= 4 is 5.95 Å². The Balaban J connectivity index is 2.63. The predicted molar refractivity (Wildman–Crippen MR) is 65.1 cm³/mol. The van der Waals surface area contributed by atoms with Crippen LogP contribution in [0.4, 0.5) is 5.95 Å². The molecule has 84 valence electrons. The average molecular weight is 207 g/mol. The first-order valence-corrected chi connectivity index (χ1v) is 5.52. The summed E-state index contributed by atoms with van der Waals surface area (Å²) in [4.78, 5) is 4.43. The molecule has 0 fully saturated rings. The van der Waals surface area contributed by atoms with Crippen LogP contribution >= 0.6 is 0 Å². The van der Waals surface area contributed by atoms with E-state index in [0.717, 1.165) is 30.6 Å². The second kappa shape index (κ2) is 5.59. The van der Waals surface area contributed by atoms with Crippen molar-refractivity contribution in [1.29, 1.82) is 0 Å². The van der Waals surface area contributed by atoms with Crippen LogP contribution in [0.1, 0.15) is 26.0 Å². The molecule has 0 aliphatic rings. The molecule has 0 aliphatic carbocycles. The number of aromatic nitrogens is 2. The van der Waals surface area contributed by atoms with E-state index in [1.54, 1.807) is 0 Å². The monoisotopic (exact) mass is 207 g/mol. The van der Waals surface area contributed by atoms with E-state index >= 15 is 0 Å². The maximum atomic E-state index is 4.43. The van der Waals surface area contributed by atoms with Crippen LogP contribution in [0.2, 0.25) is 0 Å². The van der Waals surface area contributed by atoms with Crippen molar-refractivity contribution in [3.05, 3.63) is 24.5 Å². The third kappa shape index (κ3) is 3.78. The van der Waals surface area contributed by atoms with E-state index in [4.69, 9.17) is 0 Å². The van der Waals surface area contributed by atoms with Crippen LogP contribution in [0.25, 0.3) is 0 Å². The summed E-state index contributed by atoms with van der Waals surface area (Å²) >= 11 is 0. The number of hydrogen-bond acceptors (Lipinski definition) is 2. The average Bonchev–Trinajstić information content (AvgIpc) is 2.52. The molecule has 0 atom stereocenters. The van der Waals surface area contributed by atoms with Crippen molar-refractivity contribution in [2.45, 2.75) is 33.7 Å². The molecule has 0 bridgehead atoms. The van der Waals surface area contributed by atoms with Gasteiger partial charge in [-0.05, 0) is 19.3 Å². The normalized spacial score (nSPS) is 10.7. The smallest absolute Gasteiger partial charge is 0.203 e. The Morgan fingerprint density at radius 2 is 2.33 bits per heavy atom. The zero-order chi connectivity index (χ0) is 11.3. The highest BCUT2D eigenvalue weighted by molar-refractivity contribution is 5.29. The van der Waals surface area contributed by atoms with Crippen LogP contribution in [0.5, 0.6) is 0 Å². The molecule has 1 rings (SSSR count). The van der Waals surface area contributed by atoms with Gasteiger partial charge in [-0.3, -0.25) is 0 Å². The van der Waals surface area contributed by atoms with Gasteiger partial charge in [-0.2, -0.15) is 0 Å². The molecule has 15 heavy (non-hydrogen) atoms. The van der Waals surface area contributed by atoms with Gasteiger partial charge in [0.2, 0.25) is 5.95 Å². The largest absolute Gasteiger partial charge is 0.352 e. The summed E-state index contributed by atoms with van der Waals surface area (Å²) in [6.45, 7) is 12.0. The number of hydrogen-bond donors (Lipinski definition) is 1. The number of aryl methyl sites for hydroxylation is 2. The second-order valence-electron chi connectivity index (χ2n) is 4.25. The molecular weight excluding hydrogens is 186 g/mol. The Morgan fingerprint density at radius 1 is 1.60 bits per heavy atom. The van der Waals surface area contributed by atoms with E-state index in [-0.39, 0.29) is 0 Å². The van der Waals surface area contributed by atoms with E-state index in [0.29, 0.717) is 0 Å². The number of rotatable bonds is 6. The van der Waals surface area contributed by atoms with Gasteiger partial charge in [-0.15, -0.1) is 6.58 Å². The Kier molecular flexibility index (Phi) is 4.40. The van der Waals surface area contributed by atoms with Crippen molar-refractivity contribution in [2.24, 2.45) is 5.92 Å². The highest BCUT2D eigenvalue weighted by Gasteiger charge is 2.04. The molecule has 0 amide bonds. The first-order chi connectivity index (χ1) is 7.13. The zero-order valence-corrected chi connectivity index (χ0v) is 9.95. The second-order valence-corrected chi connectivity index (χ2v) is 4.25. The minimum Gasteiger partial charge on any atom is -0.352 e. The quantitative estimate of drug-likeness (QED) is 0.727. The van der Waals surface area contributed by atoms with Gasteiger partial charge in [0.25, 0.3) is 0 Å². The summed E-state index contributed by atoms with van der Waals surface area (Å²) in [6.07, 6.45) is 5.11. The summed E-state index contributed by atoms with van der Waals surface area (Å²) in [5, 5.41) is 3.24. The van der Waals surface area contributed by atoms with Crippen LogP contribution < -0.4 is 5.32 Å². The molecule has 1 aromatic rings. The molecule has 0 unspecified atom stereocenters. The van der Waals surface area contributed by atoms with Gasteiger partial charge in [0.05, 0.1) is 5.69 Å². The Labute approximate surface area is 92.2 Å². The van der Waals surface area contributed by atoms with E-state index < -0.39 is 0 Å². The standard InChI is InChI=1S/C12H21N3/c1-5-7-13-12-14-11(4)9-15(12)8-6-10(2)3/h5,9-10H,1,6-8H2,2-4H3,(H,13,14). The highest BCUT2D eigenvalue weighted by atomic mass is 15.2. The van der Waals surface area contributed by atoms with Crippen molar-refractivity contribution in [3.63, 3.8) is 0 Å². The number of nitrogens with zero attached hydrogens (tertiary/aromatic N) is 2. The molecule has 0 aromatic carbocycles. The molecule has 0 spiro atoms. The topological polar surface area (TPSA) is 29.9 Å². The number of imidazole rings is 1. The molecule has 0 aliphatic heterocycles. The SMILES string of the molecule is C=CCNc1nc(C)cn1CCC(C)C. The lowest BCUT2D eigenvalue weighted by Crippen LogP contribution is -2.08. The Morgan fingerprint density at radius 3 is 2.93 bits per heavy atom. The van der Waals surface area contributed by atoms with Crippen LogP contribution in [-0.2, 0) is 6.54 Å². The fourth-order valence-electron chi connectivity index (χ4n) is 1.42. The summed E-state index contributed by atoms with van der Waals surface area (Å²) < 4.78 is 2.18. The molecule has 1 N–H and O–H groups in total. The molecule has 3 heteroatoms. The van der Waals surface area contributed by atoms with Crippen LogP contribution in [-0.4, -0.2) is 16.1 Å². The maximum Gasteiger partial charge on any atom is 0.203 e. The van der Waals surface area contributed by atoms with Crippen LogP contribution in [0, 0.1) is 12.8 Å². The summed E-state index contributed by atoms with van der Waals surface area (Å²) in [5.74, 6) is 1.67. The summed E-state index contributed by atoms with van der Waals surface area (Å²) in [6, 6.07) is 0. The molecule has 3 nitrogen and oxygen atoms in total. The molecule has 0 saturated carbocycles. The predicted octanol–water partition coefficient (Wildman–Crippen LogP) is 2.84. The van der Waals surface area contributed by atoms with Gasteiger partial charge in [0.15, 0.2) is 0 Å². The van der Waals surface area contributed by atoms with Crippen molar-refractivity contribution in [2.75, 3.05) is 11.9 Å². The number of nitrogens with one attached hydrogen (secondary N) is 1. The first kappa shape index (κ1) is 11.8. The van der Waals surface area contributed by atoms with Gasteiger partial charge in [-0.1, -0.05) is 19.9 Å². The third-order valence-electron chi connectivity index (χ3n) is 2.25. The van der Waals surface area contributed by atoms with E-state index in [1.807, 2.05) is 13.0 Å². The van der Waals surface area contributed by atoms with Gasteiger partial charge < -0.3 is 9.88 Å². The molecule has 1 heterocycles. The van der Waals surface area contributed by atoms with Gasteiger partial charge in [0.1, 0.15) is 0 Å². The zero-order valence-electron chi connectivity index (χ0n) is 9.95. The molecular formula is C12H21N3. The molecule has 0 radical (unpaired) electrons. The minimum absolute atomic E-state index is 0.722. The number of anilines is 1. The van der Waals surface area contributed by atoms with Crippen molar-refractivity contribution < 1.29 is 0 Å². The van der Waals surface area contributed by atoms with Gasteiger partial charge in [0, 0.05) is 19.3 Å².